The lowest BCUT2D eigenvalue weighted by atomic mass is 10.1. The molecule has 1 N–H and O–H groups in total. The van der Waals surface area contributed by atoms with E-state index in [9.17, 15) is 13.6 Å². The molecular formula is C20H16ClF2N3O. The summed E-state index contributed by atoms with van der Waals surface area (Å²) in [4.78, 5) is 18.8. The van der Waals surface area contributed by atoms with E-state index in [1.165, 1.54) is 0 Å². The van der Waals surface area contributed by atoms with Crippen LogP contribution in [0.5, 0.6) is 0 Å². The van der Waals surface area contributed by atoms with Crippen LogP contribution in [0.4, 0.5) is 14.5 Å². The summed E-state index contributed by atoms with van der Waals surface area (Å²) in [5, 5.41) is 4.44. The summed E-state index contributed by atoms with van der Waals surface area (Å²) in [5.41, 5.74) is 1.67. The molecule has 0 aliphatic carbocycles. The van der Waals surface area contributed by atoms with Crippen LogP contribution in [0.1, 0.15) is 16.8 Å². The van der Waals surface area contributed by atoms with Crippen molar-refractivity contribution in [1.29, 1.82) is 0 Å². The molecule has 27 heavy (non-hydrogen) atoms. The lowest BCUT2D eigenvalue weighted by molar-refractivity contribution is 0.0936. The van der Waals surface area contributed by atoms with E-state index in [1.807, 2.05) is 24.3 Å². The molecular weight excluding hydrogens is 372 g/mol. The summed E-state index contributed by atoms with van der Waals surface area (Å²) in [7, 11) is 0. The summed E-state index contributed by atoms with van der Waals surface area (Å²) in [5.74, 6) is -2.11. The van der Waals surface area contributed by atoms with Crippen LogP contribution in [-0.2, 0) is 0 Å². The van der Waals surface area contributed by atoms with Gasteiger partial charge in [-0.15, -0.1) is 0 Å². The fourth-order valence-corrected chi connectivity index (χ4v) is 3.58. The van der Waals surface area contributed by atoms with Gasteiger partial charge in [0.15, 0.2) is 0 Å². The summed E-state index contributed by atoms with van der Waals surface area (Å²) in [6.45, 7) is 1.34. The van der Waals surface area contributed by atoms with Crippen LogP contribution in [0.15, 0.2) is 48.7 Å². The van der Waals surface area contributed by atoms with Crippen LogP contribution < -0.4 is 10.2 Å². The highest BCUT2D eigenvalue weighted by molar-refractivity contribution is 6.31. The van der Waals surface area contributed by atoms with Crippen LogP contribution in [-0.4, -0.2) is 30.0 Å². The van der Waals surface area contributed by atoms with E-state index in [2.05, 4.69) is 15.2 Å². The van der Waals surface area contributed by atoms with Crippen molar-refractivity contribution in [2.45, 2.75) is 12.5 Å². The Morgan fingerprint density at radius 2 is 2.04 bits per heavy atom. The number of halogens is 3. The first kappa shape index (κ1) is 17.7. The maximum Gasteiger partial charge on any atom is 0.254 e. The quantitative estimate of drug-likeness (QED) is 0.733. The van der Waals surface area contributed by atoms with Crippen molar-refractivity contribution in [1.82, 2.24) is 10.3 Å². The summed E-state index contributed by atoms with van der Waals surface area (Å²) in [6, 6.07) is 10.3. The molecule has 1 aliphatic rings. The molecule has 2 aromatic carbocycles. The van der Waals surface area contributed by atoms with Gasteiger partial charge in [-0.2, -0.15) is 0 Å². The number of nitrogens with zero attached hydrogens (tertiary/aromatic N) is 2. The van der Waals surface area contributed by atoms with Gasteiger partial charge < -0.3 is 10.2 Å². The second kappa shape index (κ2) is 7.12. The molecule has 1 aliphatic heterocycles. The highest BCUT2D eigenvalue weighted by Gasteiger charge is 2.26. The number of aromatic nitrogens is 1. The highest BCUT2D eigenvalue weighted by Crippen LogP contribution is 2.29. The molecule has 1 fully saturated rings. The molecule has 4 nitrogen and oxygen atoms in total. The molecule has 0 spiro atoms. The van der Waals surface area contributed by atoms with Gasteiger partial charge in [-0.3, -0.25) is 9.78 Å². The van der Waals surface area contributed by atoms with Crippen LogP contribution in [0, 0.1) is 11.6 Å². The van der Waals surface area contributed by atoms with Crippen LogP contribution in [0.2, 0.25) is 5.02 Å². The Kier molecular flexibility index (Phi) is 4.66. The Morgan fingerprint density at radius 1 is 1.19 bits per heavy atom. The molecule has 0 radical (unpaired) electrons. The Labute approximate surface area is 159 Å². The van der Waals surface area contributed by atoms with Crippen molar-refractivity contribution >= 4 is 34.1 Å². The Balaban J connectivity index is 1.50. The molecule has 3 aromatic rings. The van der Waals surface area contributed by atoms with E-state index in [1.54, 1.807) is 6.20 Å². The van der Waals surface area contributed by atoms with E-state index < -0.39 is 17.5 Å². The highest BCUT2D eigenvalue weighted by atomic mass is 35.5. The van der Waals surface area contributed by atoms with Gasteiger partial charge in [0.2, 0.25) is 0 Å². The second-order valence-corrected chi connectivity index (χ2v) is 6.96. The Bertz CT molecular complexity index is 1030. The monoisotopic (exact) mass is 387 g/mol. The van der Waals surface area contributed by atoms with Crippen molar-refractivity contribution in [3.8, 4) is 0 Å². The first-order chi connectivity index (χ1) is 13.0. The van der Waals surface area contributed by atoms with Gasteiger partial charge in [-0.05, 0) is 42.8 Å². The zero-order valence-corrected chi connectivity index (χ0v) is 15.0. The number of hydrogen-bond acceptors (Lipinski definition) is 3. The maximum atomic E-state index is 13.8. The fourth-order valence-electron chi connectivity index (χ4n) is 3.42. The van der Waals surface area contributed by atoms with Gasteiger partial charge >= 0.3 is 0 Å². The smallest absolute Gasteiger partial charge is 0.254 e. The van der Waals surface area contributed by atoms with Crippen molar-refractivity contribution in [3.05, 3.63) is 70.9 Å². The average molecular weight is 388 g/mol. The first-order valence-corrected chi connectivity index (χ1v) is 8.94. The second-order valence-electron chi connectivity index (χ2n) is 6.52. The van der Waals surface area contributed by atoms with Crippen molar-refractivity contribution in [2.24, 2.45) is 0 Å². The number of anilines is 1. The number of pyridine rings is 1. The summed E-state index contributed by atoms with van der Waals surface area (Å²) >= 11 is 6.04. The number of fused-ring (bicyclic) bond motifs is 1. The zero-order chi connectivity index (χ0) is 19.0. The van der Waals surface area contributed by atoms with Crippen LogP contribution >= 0.6 is 11.6 Å². The number of rotatable bonds is 3. The SMILES string of the molecule is O=C(NC1CCN(c2ccnc3cc(Cl)ccc23)C1)c1ccc(F)cc1F. The maximum absolute atomic E-state index is 13.8. The lowest BCUT2D eigenvalue weighted by Crippen LogP contribution is -2.37. The number of hydrogen-bond donors (Lipinski definition) is 1. The van der Waals surface area contributed by atoms with E-state index in [0.717, 1.165) is 41.7 Å². The number of amides is 1. The van der Waals surface area contributed by atoms with Crippen molar-refractivity contribution in [3.63, 3.8) is 0 Å². The number of nitrogens with one attached hydrogen (secondary N) is 1. The molecule has 2 heterocycles. The Hall–Kier alpha value is -2.73. The van der Waals surface area contributed by atoms with Crippen molar-refractivity contribution < 1.29 is 13.6 Å². The van der Waals surface area contributed by atoms with E-state index in [0.29, 0.717) is 17.6 Å². The molecule has 1 saturated heterocycles. The van der Waals surface area contributed by atoms with Gasteiger partial charge in [0, 0.05) is 47.5 Å². The molecule has 0 saturated carbocycles. The first-order valence-electron chi connectivity index (χ1n) is 8.56. The molecule has 0 bridgehead atoms. The van der Waals surface area contributed by atoms with E-state index in [4.69, 9.17) is 11.6 Å². The number of carbonyl (C=O) groups is 1. The van der Waals surface area contributed by atoms with Crippen LogP contribution in [0.3, 0.4) is 0 Å². The molecule has 1 atom stereocenters. The standard InChI is InChI=1S/C20H16ClF2N3O/c21-12-1-3-16-18(9-12)24-7-5-19(16)26-8-6-14(11-26)25-20(27)15-4-2-13(22)10-17(15)23/h1-5,7,9-10,14H,6,8,11H2,(H,25,27). The van der Waals surface area contributed by atoms with Gasteiger partial charge in [0.25, 0.3) is 5.91 Å². The third kappa shape index (κ3) is 3.57. The minimum Gasteiger partial charge on any atom is -0.369 e. The van der Waals surface area contributed by atoms with Gasteiger partial charge in [-0.1, -0.05) is 11.6 Å². The lowest BCUT2D eigenvalue weighted by Gasteiger charge is -2.21. The summed E-state index contributed by atoms with van der Waals surface area (Å²) < 4.78 is 26.8. The van der Waals surface area contributed by atoms with E-state index >= 15 is 0 Å². The largest absolute Gasteiger partial charge is 0.369 e. The predicted molar refractivity (Wildman–Crippen MR) is 101 cm³/mol. The van der Waals surface area contributed by atoms with E-state index in [-0.39, 0.29) is 11.6 Å². The predicted octanol–water partition coefficient (Wildman–Crippen LogP) is 4.18. The van der Waals surface area contributed by atoms with Crippen molar-refractivity contribution in [2.75, 3.05) is 18.0 Å². The Morgan fingerprint density at radius 3 is 2.85 bits per heavy atom. The third-order valence-electron chi connectivity index (χ3n) is 4.72. The van der Waals surface area contributed by atoms with Gasteiger partial charge in [0.05, 0.1) is 11.1 Å². The molecule has 138 valence electrons. The topological polar surface area (TPSA) is 45.2 Å². The number of carbonyl (C=O) groups excluding carboxylic acids is 1. The van der Waals surface area contributed by atoms with Gasteiger partial charge in [0.1, 0.15) is 11.6 Å². The molecule has 4 rings (SSSR count). The molecule has 1 aromatic heterocycles. The minimum absolute atomic E-state index is 0.127. The summed E-state index contributed by atoms with van der Waals surface area (Å²) in [6.07, 6.45) is 2.46. The van der Waals surface area contributed by atoms with Gasteiger partial charge in [-0.25, -0.2) is 8.78 Å². The normalized spacial score (nSPS) is 16.7. The third-order valence-corrected chi connectivity index (χ3v) is 4.96. The zero-order valence-electron chi connectivity index (χ0n) is 14.3. The fraction of sp³-hybridized carbons (Fsp3) is 0.200. The molecule has 1 amide bonds. The average Bonchev–Trinajstić information content (AvgIpc) is 3.09. The molecule has 1 unspecified atom stereocenters. The minimum atomic E-state index is -0.862. The molecule has 7 heteroatoms. The number of benzene rings is 2. The van der Waals surface area contributed by atoms with Crippen LogP contribution in [0.25, 0.3) is 10.9 Å².